The molecule has 0 radical (unpaired) electrons. The SMILES string of the molecule is CCCCCCCCCCCCCCCCNC(=O)NOc1ccc(Br)cc1. The van der Waals surface area contributed by atoms with Crippen molar-refractivity contribution < 1.29 is 9.63 Å². The molecule has 4 nitrogen and oxygen atoms in total. The van der Waals surface area contributed by atoms with Gasteiger partial charge < -0.3 is 10.2 Å². The van der Waals surface area contributed by atoms with Crippen LogP contribution in [0.1, 0.15) is 96.8 Å². The smallest absolute Gasteiger partial charge is 0.347 e. The van der Waals surface area contributed by atoms with Crippen LogP contribution in [0.2, 0.25) is 0 Å². The van der Waals surface area contributed by atoms with Crippen molar-refractivity contribution in [2.24, 2.45) is 0 Å². The average Bonchev–Trinajstić information content (AvgIpc) is 2.70. The van der Waals surface area contributed by atoms with Crippen molar-refractivity contribution in [1.82, 2.24) is 10.8 Å². The fourth-order valence-corrected chi connectivity index (χ4v) is 3.43. The molecule has 2 N–H and O–H groups in total. The third-order valence-corrected chi connectivity index (χ3v) is 5.42. The number of rotatable bonds is 17. The third-order valence-electron chi connectivity index (χ3n) is 4.89. The van der Waals surface area contributed by atoms with E-state index >= 15 is 0 Å². The molecule has 28 heavy (non-hydrogen) atoms. The van der Waals surface area contributed by atoms with E-state index in [4.69, 9.17) is 4.84 Å². The van der Waals surface area contributed by atoms with Gasteiger partial charge in [0.15, 0.2) is 5.75 Å². The van der Waals surface area contributed by atoms with Gasteiger partial charge in [-0.3, -0.25) is 0 Å². The number of halogens is 1. The van der Waals surface area contributed by atoms with E-state index in [1.807, 2.05) is 12.1 Å². The minimum atomic E-state index is -0.294. The topological polar surface area (TPSA) is 50.4 Å². The predicted molar refractivity (Wildman–Crippen MR) is 122 cm³/mol. The Kier molecular flexibility index (Phi) is 15.8. The third kappa shape index (κ3) is 14.8. The van der Waals surface area contributed by atoms with Crippen LogP contribution in [0.15, 0.2) is 28.7 Å². The van der Waals surface area contributed by atoms with Crippen LogP contribution in [0.3, 0.4) is 0 Å². The predicted octanol–water partition coefficient (Wildman–Crippen LogP) is 7.52. The maximum atomic E-state index is 11.7. The summed E-state index contributed by atoms with van der Waals surface area (Å²) in [6, 6.07) is 7.01. The van der Waals surface area contributed by atoms with Crippen LogP contribution in [-0.2, 0) is 0 Å². The normalized spacial score (nSPS) is 10.6. The standard InChI is InChI=1S/C23H39BrN2O2/c1-2-3-4-5-6-7-8-9-10-11-12-13-14-15-20-25-23(27)26-28-22-18-16-21(24)17-19-22/h16-19H,2-15,20H2,1H3,(H2,25,26,27). The first-order valence-corrected chi connectivity index (χ1v) is 12.0. The van der Waals surface area contributed by atoms with Crippen molar-refractivity contribution in [2.45, 2.75) is 96.8 Å². The van der Waals surface area contributed by atoms with Gasteiger partial charge >= 0.3 is 6.03 Å². The highest BCUT2D eigenvalue weighted by atomic mass is 79.9. The number of urea groups is 1. The summed E-state index contributed by atoms with van der Waals surface area (Å²) in [6.07, 6.45) is 18.7. The highest BCUT2D eigenvalue weighted by Gasteiger charge is 2.01. The van der Waals surface area contributed by atoms with E-state index in [2.05, 4.69) is 33.7 Å². The zero-order chi connectivity index (χ0) is 20.3. The number of hydrogen-bond donors (Lipinski definition) is 2. The maximum Gasteiger partial charge on any atom is 0.347 e. The highest BCUT2D eigenvalue weighted by molar-refractivity contribution is 9.10. The van der Waals surface area contributed by atoms with Gasteiger partial charge in [-0.05, 0) is 30.7 Å². The van der Waals surface area contributed by atoms with Crippen molar-refractivity contribution in [3.8, 4) is 5.75 Å². The first kappa shape index (κ1) is 24.8. The summed E-state index contributed by atoms with van der Waals surface area (Å²) in [5.74, 6) is 0.606. The summed E-state index contributed by atoms with van der Waals surface area (Å²) in [6.45, 7) is 2.96. The lowest BCUT2D eigenvalue weighted by Gasteiger charge is -2.08. The maximum absolute atomic E-state index is 11.7. The van der Waals surface area contributed by atoms with E-state index in [0.717, 1.165) is 10.9 Å². The lowest BCUT2D eigenvalue weighted by atomic mass is 10.0. The van der Waals surface area contributed by atoms with Crippen LogP contribution in [0.25, 0.3) is 0 Å². The molecule has 0 aromatic heterocycles. The Morgan fingerprint density at radius 2 is 1.25 bits per heavy atom. The molecule has 1 rings (SSSR count). The number of benzene rings is 1. The Labute approximate surface area is 180 Å². The first-order valence-electron chi connectivity index (χ1n) is 11.2. The molecule has 5 heteroatoms. The summed E-state index contributed by atoms with van der Waals surface area (Å²) >= 11 is 3.36. The van der Waals surface area contributed by atoms with Crippen LogP contribution >= 0.6 is 15.9 Å². The molecule has 0 atom stereocenters. The van der Waals surface area contributed by atoms with Crippen LogP contribution in [0.4, 0.5) is 4.79 Å². The molecule has 0 heterocycles. The van der Waals surface area contributed by atoms with E-state index in [-0.39, 0.29) is 6.03 Å². The van der Waals surface area contributed by atoms with Gasteiger partial charge in [-0.25, -0.2) is 4.79 Å². The molecule has 0 saturated carbocycles. The van der Waals surface area contributed by atoms with Crippen LogP contribution < -0.4 is 15.6 Å². The Morgan fingerprint density at radius 3 is 1.75 bits per heavy atom. The summed E-state index contributed by atoms with van der Waals surface area (Å²) in [4.78, 5) is 16.9. The summed E-state index contributed by atoms with van der Waals surface area (Å²) in [5, 5.41) is 2.82. The largest absolute Gasteiger partial charge is 0.378 e. The Morgan fingerprint density at radius 1 is 0.786 bits per heavy atom. The van der Waals surface area contributed by atoms with Gasteiger partial charge in [0.2, 0.25) is 0 Å². The summed E-state index contributed by atoms with van der Waals surface area (Å²) in [7, 11) is 0. The Hall–Kier alpha value is -1.23. The zero-order valence-electron chi connectivity index (χ0n) is 17.6. The van der Waals surface area contributed by atoms with E-state index < -0.39 is 0 Å². The molecule has 0 spiro atoms. The second kappa shape index (κ2) is 17.8. The van der Waals surface area contributed by atoms with E-state index in [1.165, 1.54) is 83.5 Å². The molecule has 160 valence electrons. The molecule has 1 aromatic rings. The van der Waals surface area contributed by atoms with E-state index in [0.29, 0.717) is 12.3 Å². The molecule has 0 saturated heterocycles. The van der Waals surface area contributed by atoms with Gasteiger partial charge in [0.25, 0.3) is 0 Å². The lowest BCUT2D eigenvalue weighted by molar-refractivity contribution is 0.178. The minimum Gasteiger partial charge on any atom is -0.378 e. The van der Waals surface area contributed by atoms with E-state index in [1.54, 1.807) is 12.1 Å². The van der Waals surface area contributed by atoms with Crippen LogP contribution in [0, 0.1) is 0 Å². The van der Waals surface area contributed by atoms with Gasteiger partial charge in [0.1, 0.15) is 0 Å². The number of hydroxylamine groups is 1. The first-order chi connectivity index (χ1) is 13.7. The number of nitrogens with one attached hydrogen (secondary N) is 2. The van der Waals surface area contributed by atoms with Crippen LogP contribution in [-0.4, -0.2) is 12.6 Å². The van der Waals surface area contributed by atoms with Gasteiger partial charge in [-0.1, -0.05) is 106 Å². The molecule has 2 amide bonds. The van der Waals surface area contributed by atoms with E-state index in [9.17, 15) is 4.79 Å². The van der Waals surface area contributed by atoms with Crippen LogP contribution in [0.5, 0.6) is 5.75 Å². The fraction of sp³-hybridized carbons (Fsp3) is 0.696. The molecular formula is C23H39BrN2O2. The fourth-order valence-electron chi connectivity index (χ4n) is 3.17. The Bertz CT molecular complexity index is 494. The quantitative estimate of drug-likeness (QED) is 0.188. The zero-order valence-corrected chi connectivity index (χ0v) is 19.2. The number of hydrogen-bond acceptors (Lipinski definition) is 2. The van der Waals surface area contributed by atoms with Gasteiger partial charge in [-0.15, -0.1) is 0 Å². The average molecular weight is 455 g/mol. The summed E-state index contributed by atoms with van der Waals surface area (Å²) < 4.78 is 0.974. The molecule has 0 aliphatic heterocycles. The minimum absolute atomic E-state index is 0.294. The molecule has 0 bridgehead atoms. The summed E-state index contributed by atoms with van der Waals surface area (Å²) in [5.41, 5.74) is 2.40. The van der Waals surface area contributed by atoms with Crippen molar-refractivity contribution in [1.29, 1.82) is 0 Å². The number of unbranched alkanes of at least 4 members (excludes halogenated alkanes) is 13. The van der Waals surface area contributed by atoms with Crippen molar-refractivity contribution in [2.75, 3.05) is 6.54 Å². The number of carbonyl (C=O) groups excluding carboxylic acids is 1. The van der Waals surface area contributed by atoms with Crippen molar-refractivity contribution in [3.05, 3.63) is 28.7 Å². The lowest BCUT2D eigenvalue weighted by Crippen LogP contribution is -2.38. The highest BCUT2D eigenvalue weighted by Crippen LogP contribution is 2.15. The molecular weight excluding hydrogens is 416 g/mol. The van der Waals surface area contributed by atoms with Crippen molar-refractivity contribution in [3.63, 3.8) is 0 Å². The molecule has 1 aromatic carbocycles. The Balaban J connectivity index is 1.80. The van der Waals surface area contributed by atoms with Gasteiger partial charge in [0.05, 0.1) is 0 Å². The second-order valence-corrected chi connectivity index (χ2v) is 8.43. The van der Waals surface area contributed by atoms with Crippen molar-refractivity contribution >= 4 is 22.0 Å². The molecule has 0 aliphatic rings. The number of carbonyl (C=O) groups is 1. The molecule has 0 fully saturated rings. The molecule has 0 aliphatic carbocycles. The molecule has 0 unspecified atom stereocenters. The number of amides is 2. The van der Waals surface area contributed by atoms with Gasteiger partial charge in [0, 0.05) is 11.0 Å². The van der Waals surface area contributed by atoms with Gasteiger partial charge in [-0.2, -0.15) is 5.48 Å². The second-order valence-electron chi connectivity index (χ2n) is 7.51. The monoisotopic (exact) mass is 454 g/mol.